The Balaban J connectivity index is 1.54. The molecule has 0 spiro atoms. The van der Waals surface area contributed by atoms with Crippen LogP contribution in [0.1, 0.15) is 51.0 Å². The number of carbonyl (C=O) groups excluding carboxylic acids is 1. The van der Waals surface area contributed by atoms with E-state index in [4.69, 9.17) is 4.74 Å². The molecular weight excluding hydrogens is 312 g/mol. The number of carbonyl (C=O) groups is 1. The Morgan fingerprint density at radius 3 is 2.56 bits per heavy atom. The van der Waals surface area contributed by atoms with E-state index >= 15 is 0 Å². The molecule has 1 saturated heterocycles. The molecule has 0 bridgehead atoms. The van der Waals surface area contributed by atoms with Crippen molar-refractivity contribution in [3.8, 4) is 0 Å². The zero-order valence-corrected chi connectivity index (χ0v) is 15.5. The van der Waals surface area contributed by atoms with Crippen molar-refractivity contribution in [2.75, 3.05) is 26.2 Å². The fourth-order valence-electron chi connectivity index (χ4n) is 4.07. The van der Waals surface area contributed by atoms with Gasteiger partial charge >= 0.3 is 0 Å². The van der Waals surface area contributed by atoms with Crippen LogP contribution >= 0.6 is 0 Å². The van der Waals surface area contributed by atoms with Crippen LogP contribution in [-0.2, 0) is 16.1 Å². The third-order valence-electron chi connectivity index (χ3n) is 5.66. The standard InChI is InChI=1S/C21H32N2O2/c1-2-22-14-15-23(17-19-11-7-4-8-12-19)20(24)21(22)25-16-13-18-9-5-3-6-10-18/h4,7-8,11-12,18,21H,2-3,5-6,9-10,13-17H2,1H3. The molecule has 1 aliphatic heterocycles. The van der Waals surface area contributed by atoms with Crippen LogP contribution in [-0.4, -0.2) is 48.2 Å². The van der Waals surface area contributed by atoms with Crippen LogP contribution < -0.4 is 0 Å². The Kier molecular flexibility index (Phi) is 6.88. The monoisotopic (exact) mass is 344 g/mol. The van der Waals surface area contributed by atoms with Gasteiger partial charge in [0.15, 0.2) is 6.23 Å². The molecule has 25 heavy (non-hydrogen) atoms. The van der Waals surface area contributed by atoms with Gasteiger partial charge in [0.1, 0.15) is 0 Å². The number of benzene rings is 1. The number of nitrogens with zero attached hydrogens (tertiary/aromatic N) is 2. The minimum absolute atomic E-state index is 0.126. The lowest BCUT2D eigenvalue weighted by Gasteiger charge is -2.40. The average molecular weight is 344 g/mol. The maximum atomic E-state index is 12.9. The molecule has 1 saturated carbocycles. The molecule has 1 aliphatic carbocycles. The summed E-state index contributed by atoms with van der Waals surface area (Å²) in [7, 11) is 0. The first-order valence-corrected chi connectivity index (χ1v) is 9.96. The summed E-state index contributed by atoms with van der Waals surface area (Å²) in [6.45, 7) is 6.03. The Labute approximate surface area is 152 Å². The zero-order valence-electron chi connectivity index (χ0n) is 15.5. The molecule has 4 nitrogen and oxygen atoms in total. The lowest BCUT2D eigenvalue weighted by atomic mass is 9.87. The van der Waals surface area contributed by atoms with Gasteiger partial charge in [-0.15, -0.1) is 0 Å². The second-order valence-corrected chi connectivity index (χ2v) is 7.39. The zero-order chi connectivity index (χ0) is 17.5. The van der Waals surface area contributed by atoms with Gasteiger partial charge < -0.3 is 9.64 Å². The highest BCUT2D eigenvalue weighted by Crippen LogP contribution is 2.26. The molecule has 1 unspecified atom stereocenters. The molecule has 0 N–H and O–H groups in total. The van der Waals surface area contributed by atoms with E-state index in [0.717, 1.165) is 32.0 Å². The highest BCUT2D eigenvalue weighted by atomic mass is 16.5. The van der Waals surface area contributed by atoms with Gasteiger partial charge in [-0.05, 0) is 24.4 Å². The van der Waals surface area contributed by atoms with E-state index in [1.165, 1.54) is 37.7 Å². The average Bonchev–Trinajstić information content (AvgIpc) is 2.66. The van der Waals surface area contributed by atoms with Gasteiger partial charge in [-0.2, -0.15) is 0 Å². The number of piperazine rings is 1. The van der Waals surface area contributed by atoms with Crippen LogP contribution in [0.2, 0.25) is 0 Å². The summed E-state index contributed by atoms with van der Waals surface area (Å²) in [5, 5.41) is 0. The quantitative estimate of drug-likeness (QED) is 0.757. The minimum atomic E-state index is -0.397. The van der Waals surface area contributed by atoms with E-state index in [0.29, 0.717) is 13.2 Å². The lowest BCUT2D eigenvalue weighted by molar-refractivity contribution is -0.167. The number of hydrogen-bond acceptors (Lipinski definition) is 3. The molecule has 4 heteroatoms. The van der Waals surface area contributed by atoms with E-state index in [9.17, 15) is 4.79 Å². The maximum absolute atomic E-state index is 12.9. The summed E-state index contributed by atoms with van der Waals surface area (Å²) in [5.41, 5.74) is 1.18. The van der Waals surface area contributed by atoms with Crippen molar-refractivity contribution in [2.45, 2.75) is 58.2 Å². The molecule has 1 amide bonds. The smallest absolute Gasteiger partial charge is 0.267 e. The second-order valence-electron chi connectivity index (χ2n) is 7.39. The minimum Gasteiger partial charge on any atom is -0.354 e. The van der Waals surface area contributed by atoms with Gasteiger partial charge in [0.2, 0.25) is 0 Å². The second kappa shape index (κ2) is 9.35. The fraction of sp³-hybridized carbons (Fsp3) is 0.667. The third-order valence-corrected chi connectivity index (χ3v) is 5.66. The molecule has 0 radical (unpaired) electrons. The fourth-order valence-corrected chi connectivity index (χ4v) is 4.07. The van der Waals surface area contributed by atoms with Crippen molar-refractivity contribution in [2.24, 2.45) is 5.92 Å². The normalized spacial score (nSPS) is 23.2. The molecule has 2 fully saturated rings. The number of likely N-dealkylation sites (N-methyl/N-ethyl adjacent to an activating group) is 1. The van der Waals surface area contributed by atoms with Crippen LogP contribution in [0.25, 0.3) is 0 Å². The van der Waals surface area contributed by atoms with Crippen molar-refractivity contribution in [1.82, 2.24) is 9.80 Å². The van der Waals surface area contributed by atoms with Crippen LogP contribution in [0.15, 0.2) is 30.3 Å². The highest BCUT2D eigenvalue weighted by molar-refractivity contribution is 5.81. The highest BCUT2D eigenvalue weighted by Gasteiger charge is 2.34. The lowest BCUT2D eigenvalue weighted by Crippen LogP contribution is -2.57. The predicted octanol–water partition coefficient (Wildman–Crippen LogP) is 3.66. The van der Waals surface area contributed by atoms with Gasteiger partial charge in [0.05, 0.1) is 0 Å². The summed E-state index contributed by atoms with van der Waals surface area (Å²) in [6.07, 6.45) is 7.47. The molecular formula is C21H32N2O2. The van der Waals surface area contributed by atoms with Crippen molar-refractivity contribution in [3.05, 3.63) is 35.9 Å². The van der Waals surface area contributed by atoms with E-state index in [1.54, 1.807) is 0 Å². The summed E-state index contributed by atoms with van der Waals surface area (Å²) in [4.78, 5) is 17.1. The van der Waals surface area contributed by atoms with E-state index in [-0.39, 0.29) is 5.91 Å². The summed E-state index contributed by atoms with van der Waals surface area (Å²) in [5.74, 6) is 0.920. The van der Waals surface area contributed by atoms with Crippen LogP contribution in [0.3, 0.4) is 0 Å². The Bertz CT molecular complexity index is 528. The largest absolute Gasteiger partial charge is 0.354 e. The first-order valence-electron chi connectivity index (χ1n) is 9.96. The first-order chi connectivity index (χ1) is 12.3. The van der Waals surface area contributed by atoms with Gasteiger partial charge in [-0.1, -0.05) is 69.4 Å². The Morgan fingerprint density at radius 2 is 1.84 bits per heavy atom. The molecule has 2 aliphatic rings. The summed E-state index contributed by atoms with van der Waals surface area (Å²) in [6, 6.07) is 10.2. The third kappa shape index (κ3) is 5.05. The van der Waals surface area contributed by atoms with Crippen molar-refractivity contribution in [1.29, 1.82) is 0 Å². The molecule has 138 valence electrons. The first kappa shape index (κ1) is 18.4. The Morgan fingerprint density at radius 1 is 1.08 bits per heavy atom. The molecule has 1 atom stereocenters. The van der Waals surface area contributed by atoms with E-state index in [1.807, 2.05) is 23.1 Å². The number of ether oxygens (including phenoxy) is 1. The molecule has 1 aromatic carbocycles. The Hall–Kier alpha value is -1.39. The predicted molar refractivity (Wildman–Crippen MR) is 100 cm³/mol. The molecule has 1 heterocycles. The molecule has 1 aromatic rings. The van der Waals surface area contributed by atoms with Gasteiger partial charge in [-0.3, -0.25) is 9.69 Å². The van der Waals surface area contributed by atoms with Crippen molar-refractivity contribution >= 4 is 5.91 Å². The number of amides is 1. The number of rotatable bonds is 7. The number of hydrogen-bond donors (Lipinski definition) is 0. The van der Waals surface area contributed by atoms with Gasteiger partial charge in [-0.25, -0.2) is 0 Å². The molecule has 3 rings (SSSR count). The summed E-state index contributed by atoms with van der Waals surface area (Å²) >= 11 is 0. The van der Waals surface area contributed by atoms with Crippen molar-refractivity contribution in [3.63, 3.8) is 0 Å². The van der Waals surface area contributed by atoms with Crippen LogP contribution in [0.4, 0.5) is 0 Å². The molecule has 0 aromatic heterocycles. The van der Waals surface area contributed by atoms with Gasteiger partial charge in [0, 0.05) is 26.2 Å². The van der Waals surface area contributed by atoms with Crippen LogP contribution in [0.5, 0.6) is 0 Å². The maximum Gasteiger partial charge on any atom is 0.267 e. The van der Waals surface area contributed by atoms with E-state index < -0.39 is 6.23 Å². The van der Waals surface area contributed by atoms with E-state index in [2.05, 4.69) is 24.0 Å². The topological polar surface area (TPSA) is 32.8 Å². The van der Waals surface area contributed by atoms with Crippen LogP contribution in [0, 0.1) is 5.92 Å². The van der Waals surface area contributed by atoms with Crippen molar-refractivity contribution < 1.29 is 9.53 Å². The SMILES string of the molecule is CCN1CCN(Cc2ccccc2)C(=O)C1OCCC1CCCCC1. The summed E-state index contributed by atoms with van der Waals surface area (Å²) < 4.78 is 6.10. The van der Waals surface area contributed by atoms with Gasteiger partial charge in [0.25, 0.3) is 5.91 Å².